The van der Waals surface area contributed by atoms with Gasteiger partial charge in [0.15, 0.2) is 0 Å². The first kappa shape index (κ1) is 11.5. The molecule has 0 aromatic heterocycles. The molecule has 1 aliphatic rings. The first-order valence-corrected chi connectivity index (χ1v) is 5.63. The van der Waals surface area contributed by atoms with Gasteiger partial charge in [0.05, 0.1) is 0 Å². The summed E-state index contributed by atoms with van der Waals surface area (Å²) < 4.78 is 0. The van der Waals surface area contributed by atoms with Crippen LogP contribution < -0.4 is 11.1 Å². The predicted molar refractivity (Wildman–Crippen MR) is 57.8 cm³/mol. The van der Waals surface area contributed by atoms with E-state index in [4.69, 9.17) is 5.73 Å². The van der Waals surface area contributed by atoms with Gasteiger partial charge < -0.3 is 11.1 Å². The smallest absolute Gasteiger partial charge is 0.220 e. The molecule has 1 rings (SSSR count). The molecular formula is C11H22N2O. The van der Waals surface area contributed by atoms with E-state index in [-0.39, 0.29) is 5.91 Å². The number of carbonyl (C=O) groups is 1. The Labute approximate surface area is 86.4 Å². The largest absolute Gasteiger partial charge is 0.353 e. The highest BCUT2D eigenvalue weighted by atomic mass is 16.1. The summed E-state index contributed by atoms with van der Waals surface area (Å²) in [4.78, 5) is 11.5. The average molecular weight is 198 g/mol. The fraction of sp³-hybridized carbons (Fsp3) is 0.909. The van der Waals surface area contributed by atoms with Crippen LogP contribution in [-0.4, -0.2) is 18.5 Å². The first-order valence-electron chi connectivity index (χ1n) is 5.63. The van der Waals surface area contributed by atoms with Crippen LogP contribution in [0.4, 0.5) is 0 Å². The molecule has 0 aliphatic heterocycles. The summed E-state index contributed by atoms with van der Waals surface area (Å²) in [6, 6.07) is 0.339. The lowest BCUT2D eigenvalue weighted by atomic mass is 10.0. The maximum absolute atomic E-state index is 11.5. The normalized spacial score (nSPS) is 26.9. The molecule has 1 amide bonds. The molecule has 0 radical (unpaired) electrons. The zero-order valence-corrected chi connectivity index (χ0v) is 9.25. The van der Waals surface area contributed by atoms with Crippen molar-refractivity contribution in [3.05, 3.63) is 0 Å². The predicted octanol–water partition coefficient (Wildman–Crippen LogP) is 1.28. The summed E-state index contributed by atoms with van der Waals surface area (Å²) in [5.74, 6) is 1.13. The third-order valence-electron chi connectivity index (χ3n) is 2.90. The summed E-state index contributed by atoms with van der Waals surface area (Å²) in [5, 5.41) is 3.09. The van der Waals surface area contributed by atoms with Crippen LogP contribution in [0, 0.1) is 11.8 Å². The molecule has 0 saturated heterocycles. The second-order valence-electron chi connectivity index (χ2n) is 4.70. The Balaban J connectivity index is 2.32. The number of carbonyl (C=O) groups excluding carboxylic acids is 1. The standard InChI is InChI=1S/C11H22N2O/c1-8(2)6-11(14)13-10-5-3-4-9(10)7-12/h8-10H,3-7,12H2,1-2H3,(H,13,14). The summed E-state index contributed by atoms with van der Waals surface area (Å²) >= 11 is 0. The Hall–Kier alpha value is -0.570. The molecule has 2 atom stereocenters. The number of hydrogen-bond acceptors (Lipinski definition) is 2. The number of amides is 1. The maximum atomic E-state index is 11.5. The van der Waals surface area contributed by atoms with Crippen LogP contribution in [0.2, 0.25) is 0 Å². The SMILES string of the molecule is CC(C)CC(=O)NC1CCCC1CN. The summed E-state index contributed by atoms with van der Waals surface area (Å²) in [5.41, 5.74) is 5.65. The van der Waals surface area contributed by atoms with Crippen molar-refractivity contribution in [2.24, 2.45) is 17.6 Å². The van der Waals surface area contributed by atoms with Crippen molar-refractivity contribution in [2.45, 2.75) is 45.6 Å². The van der Waals surface area contributed by atoms with Crippen LogP contribution in [0.25, 0.3) is 0 Å². The van der Waals surface area contributed by atoms with E-state index < -0.39 is 0 Å². The monoisotopic (exact) mass is 198 g/mol. The topological polar surface area (TPSA) is 55.1 Å². The van der Waals surface area contributed by atoms with Crippen LogP contribution in [0.5, 0.6) is 0 Å². The Morgan fingerprint density at radius 1 is 1.50 bits per heavy atom. The minimum atomic E-state index is 0.186. The van der Waals surface area contributed by atoms with Crippen molar-refractivity contribution in [3.63, 3.8) is 0 Å². The molecule has 0 bridgehead atoms. The van der Waals surface area contributed by atoms with Crippen LogP contribution in [0.15, 0.2) is 0 Å². The van der Waals surface area contributed by atoms with Gasteiger partial charge in [-0.3, -0.25) is 4.79 Å². The highest BCUT2D eigenvalue weighted by molar-refractivity contribution is 5.76. The molecule has 0 aromatic rings. The van der Waals surface area contributed by atoms with E-state index in [1.807, 2.05) is 0 Å². The lowest BCUT2D eigenvalue weighted by molar-refractivity contribution is -0.122. The Morgan fingerprint density at radius 2 is 2.21 bits per heavy atom. The highest BCUT2D eigenvalue weighted by Crippen LogP contribution is 2.24. The van der Waals surface area contributed by atoms with Crippen LogP contribution in [0.1, 0.15) is 39.5 Å². The minimum Gasteiger partial charge on any atom is -0.353 e. The molecule has 14 heavy (non-hydrogen) atoms. The molecule has 82 valence electrons. The third-order valence-corrected chi connectivity index (χ3v) is 2.90. The van der Waals surface area contributed by atoms with Gasteiger partial charge in [-0.25, -0.2) is 0 Å². The molecule has 3 N–H and O–H groups in total. The van der Waals surface area contributed by atoms with Gasteiger partial charge in [-0.05, 0) is 31.2 Å². The van der Waals surface area contributed by atoms with Gasteiger partial charge in [-0.1, -0.05) is 20.3 Å². The molecule has 0 spiro atoms. The van der Waals surface area contributed by atoms with Gasteiger partial charge in [0, 0.05) is 12.5 Å². The third kappa shape index (κ3) is 3.29. The second kappa shape index (κ2) is 5.35. The molecule has 0 heterocycles. The first-order chi connectivity index (χ1) is 6.63. The summed E-state index contributed by atoms with van der Waals surface area (Å²) in [6.07, 6.45) is 4.11. The van der Waals surface area contributed by atoms with Crippen molar-refractivity contribution in [1.82, 2.24) is 5.32 Å². The van der Waals surface area contributed by atoms with Crippen LogP contribution in [-0.2, 0) is 4.79 Å². The zero-order valence-electron chi connectivity index (χ0n) is 9.25. The van der Waals surface area contributed by atoms with E-state index >= 15 is 0 Å². The number of hydrogen-bond donors (Lipinski definition) is 2. The van der Waals surface area contributed by atoms with Gasteiger partial charge in [0.2, 0.25) is 5.91 Å². The van der Waals surface area contributed by atoms with Gasteiger partial charge in [-0.15, -0.1) is 0 Å². The fourth-order valence-corrected chi connectivity index (χ4v) is 2.15. The van der Waals surface area contributed by atoms with E-state index in [9.17, 15) is 4.79 Å². The van der Waals surface area contributed by atoms with Gasteiger partial charge in [0.25, 0.3) is 0 Å². The molecule has 1 saturated carbocycles. The van der Waals surface area contributed by atoms with E-state index in [0.29, 0.717) is 30.8 Å². The Morgan fingerprint density at radius 3 is 2.79 bits per heavy atom. The van der Waals surface area contributed by atoms with Crippen molar-refractivity contribution >= 4 is 5.91 Å². The molecule has 1 fully saturated rings. The van der Waals surface area contributed by atoms with Crippen LogP contribution in [0.3, 0.4) is 0 Å². The Kier molecular flexibility index (Phi) is 4.39. The Bertz CT molecular complexity index is 192. The van der Waals surface area contributed by atoms with Crippen molar-refractivity contribution in [2.75, 3.05) is 6.54 Å². The van der Waals surface area contributed by atoms with Gasteiger partial charge in [0.1, 0.15) is 0 Å². The van der Waals surface area contributed by atoms with Crippen molar-refractivity contribution in [1.29, 1.82) is 0 Å². The van der Waals surface area contributed by atoms with Gasteiger partial charge >= 0.3 is 0 Å². The lowest BCUT2D eigenvalue weighted by Gasteiger charge is -2.19. The summed E-state index contributed by atoms with van der Waals surface area (Å²) in [7, 11) is 0. The molecule has 1 aliphatic carbocycles. The van der Waals surface area contributed by atoms with E-state index in [2.05, 4.69) is 19.2 Å². The highest BCUT2D eigenvalue weighted by Gasteiger charge is 2.27. The van der Waals surface area contributed by atoms with Gasteiger partial charge in [-0.2, -0.15) is 0 Å². The number of nitrogens with two attached hydrogens (primary N) is 1. The van der Waals surface area contributed by atoms with E-state index in [0.717, 1.165) is 6.42 Å². The lowest BCUT2D eigenvalue weighted by Crippen LogP contribution is -2.40. The van der Waals surface area contributed by atoms with Crippen molar-refractivity contribution < 1.29 is 4.79 Å². The van der Waals surface area contributed by atoms with Crippen molar-refractivity contribution in [3.8, 4) is 0 Å². The zero-order chi connectivity index (χ0) is 10.6. The fourth-order valence-electron chi connectivity index (χ4n) is 2.15. The number of rotatable bonds is 4. The quantitative estimate of drug-likeness (QED) is 0.715. The molecular weight excluding hydrogens is 176 g/mol. The van der Waals surface area contributed by atoms with Crippen LogP contribution >= 0.6 is 0 Å². The maximum Gasteiger partial charge on any atom is 0.220 e. The summed E-state index contributed by atoms with van der Waals surface area (Å²) in [6.45, 7) is 4.83. The molecule has 0 aromatic carbocycles. The van der Waals surface area contributed by atoms with E-state index in [1.165, 1.54) is 12.8 Å². The molecule has 3 nitrogen and oxygen atoms in total. The molecule has 3 heteroatoms. The van der Waals surface area contributed by atoms with E-state index in [1.54, 1.807) is 0 Å². The average Bonchev–Trinajstić information content (AvgIpc) is 2.50. The minimum absolute atomic E-state index is 0.186. The molecule has 2 unspecified atom stereocenters. The number of nitrogens with one attached hydrogen (secondary N) is 1. The second-order valence-corrected chi connectivity index (χ2v) is 4.70.